The van der Waals surface area contributed by atoms with Crippen molar-refractivity contribution in [3.8, 4) is 11.5 Å². The van der Waals surface area contributed by atoms with Crippen LogP contribution in [-0.2, 0) is 4.79 Å². The summed E-state index contributed by atoms with van der Waals surface area (Å²) in [5, 5.41) is 3.21. The third-order valence-corrected chi connectivity index (χ3v) is 4.33. The Labute approximate surface area is 137 Å². The van der Waals surface area contributed by atoms with Gasteiger partial charge in [0, 0.05) is 13.0 Å². The molecule has 2 unspecified atom stereocenters. The lowest BCUT2D eigenvalue weighted by atomic mass is 9.88. The molecule has 0 radical (unpaired) electrons. The zero-order valence-electron chi connectivity index (χ0n) is 13.0. The van der Waals surface area contributed by atoms with E-state index in [-0.39, 0.29) is 30.3 Å². The Balaban J connectivity index is 0.00000176. The van der Waals surface area contributed by atoms with Crippen LogP contribution in [0.5, 0.6) is 11.5 Å². The summed E-state index contributed by atoms with van der Waals surface area (Å²) in [5.74, 6) is 2.24. The number of ether oxygens (including phenoxy) is 2. The van der Waals surface area contributed by atoms with Crippen LogP contribution >= 0.6 is 12.4 Å². The van der Waals surface area contributed by atoms with Crippen molar-refractivity contribution >= 4 is 18.3 Å². The summed E-state index contributed by atoms with van der Waals surface area (Å²) in [4.78, 5) is 14.2. The molecule has 2 aliphatic rings. The van der Waals surface area contributed by atoms with Crippen molar-refractivity contribution in [3.63, 3.8) is 0 Å². The van der Waals surface area contributed by atoms with Gasteiger partial charge in [0.1, 0.15) is 6.61 Å². The number of halogens is 1. The Morgan fingerprint density at radius 2 is 2.05 bits per heavy atom. The van der Waals surface area contributed by atoms with E-state index in [1.54, 1.807) is 4.90 Å². The molecule has 3 rings (SSSR count). The third kappa shape index (κ3) is 3.47. The van der Waals surface area contributed by atoms with Crippen LogP contribution in [0.1, 0.15) is 6.92 Å². The quantitative estimate of drug-likeness (QED) is 0.912. The summed E-state index contributed by atoms with van der Waals surface area (Å²) in [6, 6.07) is 7.63. The van der Waals surface area contributed by atoms with Gasteiger partial charge in [0.15, 0.2) is 17.6 Å². The summed E-state index contributed by atoms with van der Waals surface area (Å²) in [6.07, 6.45) is -0.111. The fourth-order valence-corrected chi connectivity index (χ4v) is 2.76. The fourth-order valence-electron chi connectivity index (χ4n) is 2.76. The van der Waals surface area contributed by atoms with Crippen molar-refractivity contribution in [2.24, 2.45) is 11.8 Å². The highest BCUT2D eigenvalue weighted by Gasteiger charge is 2.32. The first-order chi connectivity index (χ1) is 10.1. The number of carbonyl (C=O) groups is 1. The molecule has 1 aromatic rings. The van der Waals surface area contributed by atoms with E-state index in [1.165, 1.54) is 0 Å². The molecule has 5 nitrogen and oxygen atoms in total. The second kappa shape index (κ2) is 7.20. The number of para-hydroxylation sites is 2. The molecule has 1 amide bonds. The van der Waals surface area contributed by atoms with Crippen LogP contribution in [0.25, 0.3) is 0 Å². The van der Waals surface area contributed by atoms with Crippen molar-refractivity contribution in [2.45, 2.75) is 13.0 Å². The second-order valence-electron chi connectivity index (χ2n) is 5.92. The Morgan fingerprint density at radius 1 is 1.36 bits per heavy atom. The van der Waals surface area contributed by atoms with Crippen LogP contribution in [0.4, 0.5) is 0 Å². The maximum Gasteiger partial charge on any atom is 0.225 e. The first kappa shape index (κ1) is 16.9. The number of nitrogens with zero attached hydrogens (tertiary/aromatic N) is 1. The lowest BCUT2D eigenvalue weighted by Gasteiger charge is -2.35. The summed E-state index contributed by atoms with van der Waals surface area (Å²) in [7, 11) is 1.84. The smallest absolute Gasteiger partial charge is 0.225 e. The molecule has 2 aliphatic heterocycles. The predicted octanol–water partition coefficient (Wildman–Crippen LogP) is 1.56. The number of rotatable bonds is 4. The van der Waals surface area contributed by atoms with Gasteiger partial charge in [-0.2, -0.15) is 0 Å². The van der Waals surface area contributed by atoms with E-state index in [0.717, 1.165) is 24.6 Å². The third-order valence-electron chi connectivity index (χ3n) is 4.33. The zero-order chi connectivity index (χ0) is 14.8. The highest BCUT2D eigenvalue weighted by Crippen LogP contribution is 2.31. The van der Waals surface area contributed by atoms with Gasteiger partial charge in [0.25, 0.3) is 0 Å². The molecule has 6 heteroatoms. The number of nitrogens with one attached hydrogen (secondary N) is 1. The zero-order valence-corrected chi connectivity index (χ0v) is 13.8. The fraction of sp³-hybridized carbons (Fsp3) is 0.562. The lowest BCUT2D eigenvalue weighted by Crippen LogP contribution is -2.51. The molecule has 1 aromatic carbocycles. The van der Waals surface area contributed by atoms with Gasteiger partial charge in [-0.05, 0) is 31.1 Å². The topological polar surface area (TPSA) is 50.8 Å². The Hall–Kier alpha value is -1.46. The minimum Gasteiger partial charge on any atom is -0.486 e. The van der Waals surface area contributed by atoms with Crippen molar-refractivity contribution in [1.82, 2.24) is 10.2 Å². The summed E-state index contributed by atoms with van der Waals surface area (Å²) < 4.78 is 11.6. The van der Waals surface area contributed by atoms with Gasteiger partial charge in [-0.1, -0.05) is 19.1 Å². The van der Waals surface area contributed by atoms with Gasteiger partial charge in [0.05, 0.1) is 6.54 Å². The molecular formula is C16H23ClN2O3. The minimum atomic E-state index is -0.111. The molecule has 2 heterocycles. The van der Waals surface area contributed by atoms with Gasteiger partial charge in [-0.25, -0.2) is 0 Å². The van der Waals surface area contributed by atoms with Crippen LogP contribution in [0.2, 0.25) is 0 Å². The van der Waals surface area contributed by atoms with Crippen molar-refractivity contribution < 1.29 is 14.3 Å². The molecule has 0 aliphatic carbocycles. The average molecular weight is 327 g/mol. The molecule has 122 valence electrons. The summed E-state index contributed by atoms with van der Waals surface area (Å²) >= 11 is 0. The first-order valence-corrected chi connectivity index (χ1v) is 7.49. The second-order valence-corrected chi connectivity index (χ2v) is 5.92. The molecular weight excluding hydrogens is 304 g/mol. The molecule has 0 bridgehead atoms. The van der Waals surface area contributed by atoms with Crippen molar-refractivity contribution in [1.29, 1.82) is 0 Å². The van der Waals surface area contributed by atoms with Crippen molar-refractivity contribution in [2.75, 3.05) is 33.3 Å². The van der Waals surface area contributed by atoms with Gasteiger partial charge in [-0.15, -0.1) is 12.4 Å². The number of amides is 1. The number of hydrogen-bond donors (Lipinski definition) is 1. The maximum absolute atomic E-state index is 12.4. The SMILES string of the molecule is CC(C(=O)N(C)CC1COc2ccccc2O1)C1CNC1.Cl. The van der Waals surface area contributed by atoms with E-state index < -0.39 is 0 Å². The van der Waals surface area contributed by atoms with Gasteiger partial charge >= 0.3 is 0 Å². The number of hydrogen-bond acceptors (Lipinski definition) is 4. The Morgan fingerprint density at radius 3 is 2.68 bits per heavy atom. The van der Waals surface area contributed by atoms with E-state index >= 15 is 0 Å². The minimum absolute atomic E-state index is 0. The monoisotopic (exact) mass is 326 g/mol. The molecule has 1 N–H and O–H groups in total. The first-order valence-electron chi connectivity index (χ1n) is 7.49. The van der Waals surface area contributed by atoms with Crippen LogP contribution in [0.3, 0.4) is 0 Å². The number of likely N-dealkylation sites (N-methyl/N-ethyl adjacent to an activating group) is 1. The molecule has 2 atom stereocenters. The molecule has 22 heavy (non-hydrogen) atoms. The van der Waals surface area contributed by atoms with Crippen LogP contribution in [0, 0.1) is 11.8 Å². The van der Waals surface area contributed by atoms with E-state index in [4.69, 9.17) is 9.47 Å². The molecule has 1 fully saturated rings. The summed E-state index contributed by atoms with van der Waals surface area (Å²) in [6.45, 7) is 4.93. The van der Waals surface area contributed by atoms with E-state index in [2.05, 4.69) is 5.32 Å². The Bertz CT molecular complexity index is 522. The molecule has 1 saturated heterocycles. The largest absolute Gasteiger partial charge is 0.486 e. The normalized spacial score (nSPS) is 21.3. The van der Waals surface area contributed by atoms with Crippen LogP contribution in [0.15, 0.2) is 24.3 Å². The van der Waals surface area contributed by atoms with Gasteiger partial charge < -0.3 is 19.7 Å². The van der Waals surface area contributed by atoms with Crippen LogP contribution < -0.4 is 14.8 Å². The van der Waals surface area contributed by atoms with Crippen LogP contribution in [-0.4, -0.2) is 50.2 Å². The number of fused-ring (bicyclic) bond motifs is 1. The van der Waals surface area contributed by atoms with E-state index in [0.29, 0.717) is 19.1 Å². The average Bonchev–Trinajstić information content (AvgIpc) is 2.44. The van der Waals surface area contributed by atoms with Gasteiger partial charge in [0.2, 0.25) is 5.91 Å². The summed E-state index contributed by atoms with van der Waals surface area (Å²) in [5.41, 5.74) is 0. The maximum atomic E-state index is 12.4. The van der Waals surface area contributed by atoms with Gasteiger partial charge in [-0.3, -0.25) is 4.79 Å². The Kier molecular flexibility index (Phi) is 5.53. The molecule has 0 spiro atoms. The number of benzene rings is 1. The predicted molar refractivity (Wildman–Crippen MR) is 86.8 cm³/mol. The van der Waals surface area contributed by atoms with E-state index in [1.807, 2.05) is 38.2 Å². The standard InChI is InChI=1S/C16H22N2O3.ClH/c1-11(12-7-17-8-12)16(19)18(2)9-13-10-20-14-5-3-4-6-15(14)21-13;/h3-6,11-13,17H,7-10H2,1-2H3;1H. The van der Waals surface area contributed by atoms with E-state index in [9.17, 15) is 4.79 Å². The highest BCUT2D eigenvalue weighted by molar-refractivity contribution is 5.85. The lowest BCUT2D eigenvalue weighted by molar-refractivity contribution is -0.137. The molecule has 0 aromatic heterocycles. The molecule has 0 saturated carbocycles. The highest BCUT2D eigenvalue weighted by atomic mass is 35.5. The number of carbonyl (C=O) groups excluding carboxylic acids is 1. The van der Waals surface area contributed by atoms with Crippen molar-refractivity contribution in [3.05, 3.63) is 24.3 Å².